The average molecular weight is 662 g/mol. The number of carbonyl (C=O) groups is 2. The van der Waals surface area contributed by atoms with Crippen LogP contribution in [0.3, 0.4) is 0 Å². The van der Waals surface area contributed by atoms with E-state index in [1.54, 1.807) is 49.4 Å². The minimum absolute atomic E-state index is 0.00221. The molecule has 10 heteroatoms. The number of hydrogen-bond acceptors (Lipinski definition) is 4. The SMILES string of the molecule is Cc1ccc(Cl)cc1N(CC(=O)N(Cc1ccc(F)cc1)C(Cc1ccccc1)C(=O)NC1CCCC1)S(=O)(=O)c1ccccc1. The molecule has 0 radical (unpaired) electrons. The Hall–Kier alpha value is -4.21. The minimum Gasteiger partial charge on any atom is -0.352 e. The third-order valence-electron chi connectivity index (χ3n) is 8.29. The van der Waals surface area contributed by atoms with Crippen LogP contribution in [0.2, 0.25) is 5.02 Å². The highest BCUT2D eigenvalue weighted by atomic mass is 35.5. The van der Waals surface area contributed by atoms with Crippen LogP contribution < -0.4 is 9.62 Å². The predicted octanol–water partition coefficient (Wildman–Crippen LogP) is 6.68. The summed E-state index contributed by atoms with van der Waals surface area (Å²) < 4.78 is 43.3. The molecule has 0 saturated heterocycles. The van der Waals surface area contributed by atoms with Gasteiger partial charge in [-0.3, -0.25) is 13.9 Å². The molecule has 0 aromatic heterocycles. The summed E-state index contributed by atoms with van der Waals surface area (Å²) in [4.78, 5) is 30.1. The summed E-state index contributed by atoms with van der Waals surface area (Å²) in [6.45, 7) is 1.11. The van der Waals surface area contributed by atoms with E-state index in [0.717, 1.165) is 35.6 Å². The standard InChI is InChI=1S/C36H37ClFN3O4S/c1-26-16-19-29(37)23-33(26)41(46(44,45)32-14-6-3-7-15-32)25-35(42)40(24-28-17-20-30(38)21-18-28)34(22-27-10-4-2-5-11-27)36(43)39-31-12-8-9-13-31/h2-7,10-11,14-21,23,31,34H,8-9,12-13,22,24-25H2,1H3,(H,39,43). The molecule has 0 bridgehead atoms. The fourth-order valence-corrected chi connectivity index (χ4v) is 7.45. The maximum absolute atomic E-state index is 14.6. The maximum Gasteiger partial charge on any atom is 0.264 e. The molecule has 1 unspecified atom stereocenters. The third kappa shape index (κ3) is 8.13. The van der Waals surface area contributed by atoms with Crippen LogP contribution in [0.5, 0.6) is 0 Å². The summed E-state index contributed by atoms with van der Waals surface area (Å²) in [6, 6.07) is 26.8. The molecular weight excluding hydrogens is 625 g/mol. The van der Waals surface area contributed by atoms with E-state index in [1.807, 2.05) is 30.3 Å². The van der Waals surface area contributed by atoms with Crippen LogP contribution in [0.4, 0.5) is 10.1 Å². The van der Waals surface area contributed by atoms with Gasteiger partial charge in [0.1, 0.15) is 18.4 Å². The number of amides is 2. The van der Waals surface area contributed by atoms with Crippen LogP contribution in [0.25, 0.3) is 0 Å². The van der Waals surface area contributed by atoms with Gasteiger partial charge in [0, 0.05) is 24.0 Å². The van der Waals surface area contributed by atoms with Crippen molar-refractivity contribution in [2.75, 3.05) is 10.8 Å². The van der Waals surface area contributed by atoms with E-state index in [0.29, 0.717) is 16.1 Å². The molecule has 240 valence electrons. The van der Waals surface area contributed by atoms with E-state index in [4.69, 9.17) is 11.6 Å². The zero-order chi connectivity index (χ0) is 32.7. The lowest BCUT2D eigenvalue weighted by atomic mass is 10.0. The van der Waals surface area contributed by atoms with Gasteiger partial charge in [0.25, 0.3) is 10.0 Å². The quantitative estimate of drug-likeness (QED) is 0.184. The predicted molar refractivity (Wildman–Crippen MR) is 178 cm³/mol. The van der Waals surface area contributed by atoms with E-state index in [2.05, 4.69) is 5.32 Å². The summed E-state index contributed by atoms with van der Waals surface area (Å²) in [6.07, 6.45) is 3.93. The molecule has 1 aliphatic rings. The number of rotatable bonds is 12. The van der Waals surface area contributed by atoms with Crippen LogP contribution in [0.15, 0.2) is 108 Å². The molecular formula is C36H37ClFN3O4S. The molecule has 0 heterocycles. The van der Waals surface area contributed by atoms with E-state index in [-0.39, 0.29) is 35.5 Å². The fourth-order valence-electron chi connectivity index (χ4n) is 5.79. The number of hydrogen-bond donors (Lipinski definition) is 1. The molecule has 1 fully saturated rings. The summed E-state index contributed by atoms with van der Waals surface area (Å²) in [7, 11) is -4.25. The Balaban J connectivity index is 1.58. The summed E-state index contributed by atoms with van der Waals surface area (Å²) in [5.74, 6) is -1.34. The molecule has 46 heavy (non-hydrogen) atoms. The normalized spacial score (nSPS) is 14.1. The molecule has 1 aliphatic carbocycles. The van der Waals surface area contributed by atoms with Gasteiger partial charge in [-0.05, 0) is 72.9 Å². The zero-order valence-corrected chi connectivity index (χ0v) is 27.2. The first-order chi connectivity index (χ1) is 22.1. The van der Waals surface area contributed by atoms with Gasteiger partial charge in [0.05, 0.1) is 10.6 Å². The topological polar surface area (TPSA) is 86.8 Å². The number of anilines is 1. The Morgan fingerprint density at radius 3 is 2.17 bits per heavy atom. The van der Waals surface area contributed by atoms with Gasteiger partial charge in [-0.15, -0.1) is 0 Å². The molecule has 0 spiro atoms. The van der Waals surface area contributed by atoms with Gasteiger partial charge in [-0.25, -0.2) is 12.8 Å². The molecule has 1 N–H and O–H groups in total. The number of sulfonamides is 1. The maximum atomic E-state index is 14.6. The van der Waals surface area contributed by atoms with Crippen LogP contribution in [-0.4, -0.2) is 43.8 Å². The molecule has 2 amide bonds. The second-order valence-electron chi connectivity index (χ2n) is 11.6. The van der Waals surface area contributed by atoms with Crippen molar-refractivity contribution in [2.45, 2.75) is 62.6 Å². The number of nitrogens with zero attached hydrogens (tertiary/aromatic N) is 2. The molecule has 1 saturated carbocycles. The smallest absolute Gasteiger partial charge is 0.264 e. The fraction of sp³-hybridized carbons (Fsp3) is 0.278. The molecule has 1 atom stereocenters. The number of aryl methyl sites for hydroxylation is 1. The zero-order valence-electron chi connectivity index (χ0n) is 25.6. The Kier molecular flexibility index (Phi) is 10.8. The van der Waals surface area contributed by atoms with Gasteiger partial charge in [-0.1, -0.05) is 91.2 Å². The Bertz CT molecular complexity index is 1750. The first-order valence-corrected chi connectivity index (χ1v) is 17.2. The van der Waals surface area contributed by atoms with Crippen LogP contribution >= 0.6 is 11.6 Å². The van der Waals surface area contributed by atoms with E-state index < -0.39 is 34.3 Å². The van der Waals surface area contributed by atoms with Crippen LogP contribution in [0.1, 0.15) is 42.4 Å². The van der Waals surface area contributed by atoms with Crippen molar-refractivity contribution in [1.82, 2.24) is 10.2 Å². The largest absolute Gasteiger partial charge is 0.352 e. The van der Waals surface area contributed by atoms with Gasteiger partial charge >= 0.3 is 0 Å². The van der Waals surface area contributed by atoms with Crippen molar-refractivity contribution in [2.24, 2.45) is 0 Å². The number of halogens is 2. The lowest BCUT2D eigenvalue weighted by Crippen LogP contribution is -2.54. The Labute approximate surface area is 275 Å². The molecule has 4 aromatic carbocycles. The monoisotopic (exact) mass is 661 g/mol. The summed E-state index contributed by atoms with van der Waals surface area (Å²) in [5, 5.41) is 3.45. The van der Waals surface area contributed by atoms with Crippen molar-refractivity contribution in [3.63, 3.8) is 0 Å². The number of carbonyl (C=O) groups excluding carboxylic acids is 2. The highest BCUT2D eigenvalue weighted by Crippen LogP contribution is 2.30. The lowest BCUT2D eigenvalue weighted by molar-refractivity contribution is -0.140. The molecule has 7 nitrogen and oxygen atoms in total. The number of benzene rings is 4. The second-order valence-corrected chi connectivity index (χ2v) is 13.9. The summed E-state index contributed by atoms with van der Waals surface area (Å²) in [5.41, 5.74) is 2.28. The lowest BCUT2D eigenvalue weighted by Gasteiger charge is -2.34. The summed E-state index contributed by atoms with van der Waals surface area (Å²) >= 11 is 6.34. The van der Waals surface area contributed by atoms with Crippen molar-refractivity contribution < 1.29 is 22.4 Å². The van der Waals surface area contributed by atoms with Crippen LogP contribution in [-0.2, 0) is 32.6 Å². The Morgan fingerprint density at radius 2 is 1.52 bits per heavy atom. The van der Waals surface area contributed by atoms with Crippen molar-refractivity contribution in [3.05, 3.63) is 131 Å². The first kappa shape index (κ1) is 33.2. The molecule has 4 aromatic rings. The molecule has 5 rings (SSSR count). The second kappa shape index (κ2) is 14.9. The van der Waals surface area contributed by atoms with Gasteiger partial charge in [0.15, 0.2) is 0 Å². The highest BCUT2D eigenvalue weighted by Gasteiger charge is 2.36. The van der Waals surface area contributed by atoms with E-state index >= 15 is 0 Å². The number of nitrogens with one attached hydrogen (secondary N) is 1. The third-order valence-corrected chi connectivity index (χ3v) is 10.3. The Morgan fingerprint density at radius 1 is 0.891 bits per heavy atom. The van der Waals surface area contributed by atoms with Crippen molar-refractivity contribution >= 4 is 39.1 Å². The highest BCUT2D eigenvalue weighted by molar-refractivity contribution is 7.92. The molecule has 0 aliphatic heterocycles. The van der Waals surface area contributed by atoms with Gasteiger partial charge < -0.3 is 10.2 Å². The van der Waals surface area contributed by atoms with E-state index in [1.165, 1.54) is 35.2 Å². The minimum atomic E-state index is -4.25. The van der Waals surface area contributed by atoms with Crippen molar-refractivity contribution in [1.29, 1.82) is 0 Å². The van der Waals surface area contributed by atoms with E-state index in [9.17, 15) is 22.4 Å². The van der Waals surface area contributed by atoms with Gasteiger partial charge in [0.2, 0.25) is 11.8 Å². The van der Waals surface area contributed by atoms with Gasteiger partial charge in [-0.2, -0.15) is 0 Å². The first-order valence-electron chi connectivity index (χ1n) is 15.3. The average Bonchev–Trinajstić information content (AvgIpc) is 3.57. The van der Waals surface area contributed by atoms with Crippen molar-refractivity contribution in [3.8, 4) is 0 Å². The van der Waals surface area contributed by atoms with Crippen LogP contribution in [0, 0.1) is 12.7 Å².